The van der Waals surface area contributed by atoms with E-state index in [0.717, 1.165) is 0 Å². The Kier molecular flexibility index (Phi) is 3.57. The molecule has 0 aliphatic carbocycles. The first kappa shape index (κ1) is 12.5. The number of rotatable bonds is 2. The predicted octanol–water partition coefficient (Wildman–Crippen LogP) is -1.30. The van der Waals surface area contributed by atoms with Crippen LogP contribution in [0.3, 0.4) is 0 Å². The van der Waals surface area contributed by atoms with E-state index in [1.54, 1.807) is 6.07 Å². The third kappa shape index (κ3) is 2.65. The Morgan fingerprint density at radius 1 is 1.44 bits per heavy atom. The summed E-state index contributed by atoms with van der Waals surface area (Å²) in [4.78, 5) is 24.8. The fraction of sp³-hybridized carbons (Fsp3) is 0.333. The normalized spacial score (nSPS) is 19.6. The van der Waals surface area contributed by atoms with Crippen molar-refractivity contribution in [3.63, 3.8) is 0 Å². The second-order valence-corrected chi connectivity index (χ2v) is 4.29. The van der Waals surface area contributed by atoms with Crippen molar-refractivity contribution in [2.45, 2.75) is 6.04 Å². The van der Waals surface area contributed by atoms with Crippen LogP contribution in [0.2, 0.25) is 0 Å². The zero-order valence-electron chi connectivity index (χ0n) is 9.80. The Morgan fingerprint density at radius 2 is 2.22 bits per heavy atom. The Bertz CT molecular complexity index is 478. The lowest BCUT2D eigenvalue weighted by Gasteiger charge is -2.29. The highest BCUT2D eigenvalue weighted by Gasteiger charge is 2.30. The summed E-state index contributed by atoms with van der Waals surface area (Å²) in [6.07, 6.45) is 0. The molecule has 18 heavy (non-hydrogen) atoms. The number of nitrogens with zero attached hydrogens (tertiary/aromatic N) is 1. The van der Waals surface area contributed by atoms with Crippen molar-refractivity contribution in [3.8, 4) is 0 Å². The lowest BCUT2D eigenvalue weighted by Crippen LogP contribution is -2.97. The molecule has 0 bridgehead atoms. The second-order valence-electron chi connectivity index (χ2n) is 4.29. The number of hydrogen-bond acceptors (Lipinski definition) is 2. The highest BCUT2D eigenvalue weighted by molar-refractivity contribution is 5.94. The van der Waals surface area contributed by atoms with Crippen molar-refractivity contribution >= 4 is 11.8 Å². The molecule has 5 nitrogen and oxygen atoms in total. The smallest absolute Gasteiger partial charge is 0.277 e. The van der Waals surface area contributed by atoms with Gasteiger partial charge < -0.3 is 16.0 Å². The average molecular weight is 252 g/mol. The third-order valence-electron chi connectivity index (χ3n) is 2.99. The summed E-state index contributed by atoms with van der Waals surface area (Å²) in [5.41, 5.74) is 5.52. The fourth-order valence-corrected chi connectivity index (χ4v) is 2.03. The highest BCUT2D eigenvalue weighted by atomic mass is 19.1. The summed E-state index contributed by atoms with van der Waals surface area (Å²) < 4.78 is 13.0. The minimum absolute atomic E-state index is 0.269. The highest BCUT2D eigenvalue weighted by Crippen LogP contribution is 2.08. The topological polar surface area (TPSA) is 80.0 Å². The Hall–Kier alpha value is -1.95. The van der Waals surface area contributed by atoms with Gasteiger partial charge >= 0.3 is 0 Å². The van der Waals surface area contributed by atoms with E-state index < -0.39 is 17.8 Å². The summed E-state index contributed by atoms with van der Waals surface area (Å²) in [5.74, 6) is -1.16. The Labute approximate surface area is 104 Å². The van der Waals surface area contributed by atoms with Crippen LogP contribution in [0.1, 0.15) is 10.4 Å². The van der Waals surface area contributed by atoms with Gasteiger partial charge in [0, 0.05) is 5.56 Å². The van der Waals surface area contributed by atoms with Crippen molar-refractivity contribution in [3.05, 3.63) is 35.6 Å². The molecule has 4 N–H and O–H groups in total. The number of benzene rings is 1. The van der Waals surface area contributed by atoms with Gasteiger partial charge in [0.1, 0.15) is 5.82 Å². The van der Waals surface area contributed by atoms with Gasteiger partial charge in [0.05, 0.1) is 19.6 Å². The van der Waals surface area contributed by atoms with E-state index in [9.17, 15) is 14.0 Å². The number of carbonyl (C=O) groups is 2. The molecule has 1 aliphatic heterocycles. The summed E-state index contributed by atoms with van der Waals surface area (Å²) in [5, 5.41) is 1.82. The standard InChI is InChI=1S/C12H14FN3O2/c13-9-3-1-2-8(6-9)12(18)16-5-4-15-10(7-16)11(14)17/h1-3,6,10,15H,4-5,7H2,(H2,14,17)/p+1/t10-/m0/s1. The van der Waals surface area contributed by atoms with E-state index >= 15 is 0 Å². The first-order chi connectivity index (χ1) is 8.58. The van der Waals surface area contributed by atoms with Crippen molar-refractivity contribution in [2.24, 2.45) is 5.73 Å². The van der Waals surface area contributed by atoms with Crippen molar-refractivity contribution < 1.29 is 19.3 Å². The minimum Gasteiger partial charge on any atom is -0.364 e. The maximum atomic E-state index is 13.0. The molecule has 1 fully saturated rings. The molecule has 2 rings (SSSR count). The number of halogens is 1. The largest absolute Gasteiger partial charge is 0.364 e. The van der Waals surface area contributed by atoms with Crippen LogP contribution >= 0.6 is 0 Å². The lowest BCUT2D eigenvalue weighted by molar-refractivity contribution is -0.683. The lowest BCUT2D eigenvalue weighted by atomic mass is 10.1. The maximum absolute atomic E-state index is 13.0. The molecule has 0 saturated carbocycles. The molecule has 1 aromatic carbocycles. The van der Waals surface area contributed by atoms with E-state index in [2.05, 4.69) is 0 Å². The molecule has 6 heteroatoms. The maximum Gasteiger partial charge on any atom is 0.277 e. The average Bonchev–Trinajstić information content (AvgIpc) is 2.38. The zero-order valence-corrected chi connectivity index (χ0v) is 9.80. The summed E-state index contributed by atoms with van der Waals surface area (Å²) in [6, 6.07) is 5.11. The number of hydrogen-bond donors (Lipinski definition) is 2. The molecule has 0 spiro atoms. The van der Waals surface area contributed by atoms with E-state index in [-0.39, 0.29) is 12.5 Å². The van der Waals surface area contributed by atoms with Crippen LogP contribution in [0.4, 0.5) is 4.39 Å². The number of amides is 2. The second kappa shape index (κ2) is 5.14. The first-order valence-electron chi connectivity index (χ1n) is 5.75. The molecule has 1 heterocycles. The van der Waals surface area contributed by atoms with E-state index in [1.165, 1.54) is 23.1 Å². The Morgan fingerprint density at radius 3 is 2.89 bits per heavy atom. The van der Waals surface area contributed by atoms with Crippen LogP contribution in [0.5, 0.6) is 0 Å². The van der Waals surface area contributed by atoms with Crippen LogP contribution in [0, 0.1) is 5.82 Å². The van der Waals surface area contributed by atoms with Crippen molar-refractivity contribution in [1.29, 1.82) is 0 Å². The van der Waals surface area contributed by atoms with Gasteiger partial charge in [-0.3, -0.25) is 9.59 Å². The van der Waals surface area contributed by atoms with Crippen LogP contribution in [0.25, 0.3) is 0 Å². The molecular formula is C12H15FN3O2+. The van der Waals surface area contributed by atoms with Gasteiger partial charge in [-0.25, -0.2) is 4.39 Å². The molecule has 96 valence electrons. The summed E-state index contributed by atoms with van der Waals surface area (Å²) >= 11 is 0. The number of nitrogens with two attached hydrogens (primary N) is 2. The molecular weight excluding hydrogens is 237 g/mol. The molecule has 1 aromatic rings. The van der Waals surface area contributed by atoms with Crippen molar-refractivity contribution in [2.75, 3.05) is 19.6 Å². The number of carbonyl (C=O) groups excluding carboxylic acids is 2. The van der Waals surface area contributed by atoms with Crippen LogP contribution in [0.15, 0.2) is 24.3 Å². The Balaban J connectivity index is 2.11. The molecule has 1 aliphatic rings. The molecule has 1 atom stereocenters. The van der Waals surface area contributed by atoms with Gasteiger partial charge in [-0.05, 0) is 18.2 Å². The van der Waals surface area contributed by atoms with Crippen molar-refractivity contribution in [1.82, 2.24) is 4.90 Å². The predicted molar refractivity (Wildman–Crippen MR) is 62.1 cm³/mol. The van der Waals surface area contributed by atoms with Gasteiger partial charge in [0.25, 0.3) is 11.8 Å². The molecule has 0 aromatic heterocycles. The van der Waals surface area contributed by atoms with Crippen LogP contribution < -0.4 is 11.1 Å². The molecule has 0 radical (unpaired) electrons. The van der Waals surface area contributed by atoms with Gasteiger partial charge in [0.2, 0.25) is 0 Å². The van der Waals surface area contributed by atoms with E-state index in [0.29, 0.717) is 18.7 Å². The molecule has 0 unspecified atom stereocenters. The SMILES string of the molecule is NC(=O)[C@@H]1CN(C(=O)c2cccc(F)c2)CC[NH2+]1. The van der Waals surface area contributed by atoms with Crippen LogP contribution in [-0.2, 0) is 4.79 Å². The van der Waals surface area contributed by atoms with Gasteiger partial charge in [0.15, 0.2) is 6.04 Å². The number of primary amides is 1. The van der Waals surface area contributed by atoms with E-state index in [4.69, 9.17) is 5.73 Å². The van der Waals surface area contributed by atoms with Gasteiger partial charge in [-0.2, -0.15) is 0 Å². The van der Waals surface area contributed by atoms with Gasteiger partial charge in [-0.15, -0.1) is 0 Å². The monoisotopic (exact) mass is 252 g/mol. The summed E-state index contributed by atoms with van der Waals surface area (Å²) in [7, 11) is 0. The summed E-state index contributed by atoms with van der Waals surface area (Å²) in [6.45, 7) is 1.42. The molecule has 1 saturated heterocycles. The first-order valence-corrected chi connectivity index (χ1v) is 5.75. The quantitative estimate of drug-likeness (QED) is 0.686. The fourth-order valence-electron chi connectivity index (χ4n) is 2.03. The zero-order chi connectivity index (χ0) is 13.1. The van der Waals surface area contributed by atoms with Gasteiger partial charge in [-0.1, -0.05) is 6.07 Å². The van der Waals surface area contributed by atoms with Crippen LogP contribution in [-0.4, -0.2) is 42.4 Å². The molecule has 2 amide bonds. The number of piperazine rings is 1. The van der Waals surface area contributed by atoms with E-state index in [1.807, 2.05) is 5.32 Å². The third-order valence-corrected chi connectivity index (χ3v) is 2.99. The number of quaternary nitrogens is 1. The minimum atomic E-state index is -0.448.